The van der Waals surface area contributed by atoms with Gasteiger partial charge in [-0.05, 0) is 0 Å². The van der Waals surface area contributed by atoms with Gasteiger partial charge in [0.15, 0.2) is 0 Å². The molecule has 0 aromatic carbocycles. The highest BCUT2D eigenvalue weighted by Crippen LogP contribution is 1.97. The zero-order valence-corrected chi connectivity index (χ0v) is 7.83. The summed E-state index contributed by atoms with van der Waals surface area (Å²) < 4.78 is 2.78. The van der Waals surface area contributed by atoms with Crippen molar-refractivity contribution >= 4 is 29.2 Å². The predicted octanol–water partition coefficient (Wildman–Crippen LogP) is 0.370. The van der Waals surface area contributed by atoms with E-state index in [1.807, 2.05) is 29.2 Å². The maximum absolute atomic E-state index is 10.2. The van der Waals surface area contributed by atoms with E-state index in [0.717, 1.165) is 5.69 Å². The Labute approximate surface area is 78.3 Å². The van der Waals surface area contributed by atoms with E-state index >= 15 is 0 Å². The molecule has 0 saturated carbocycles. The minimum Gasteiger partial charge on any atom is -0.351 e. The Bertz CT molecular complexity index is 212. The van der Waals surface area contributed by atoms with E-state index in [1.54, 1.807) is 12.5 Å². The molecule has 0 amide bonds. The van der Waals surface area contributed by atoms with Crippen molar-refractivity contribution in [3.63, 3.8) is 0 Å². The third-order valence-electron chi connectivity index (χ3n) is 1.24. The third kappa shape index (κ3) is 2.58. The van der Waals surface area contributed by atoms with Gasteiger partial charge in [0.25, 0.3) is 0 Å². The van der Waals surface area contributed by atoms with Gasteiger partial charge in [0.05, 0.1) is 18.1 Å². The second kappa shape index (κ2) is 4.45. The number of imidazole rings is 1. The second-order valence-electron chi connectivity index (χ2n) is 2.04. The molecule has 0 saturated heterocycles. The lowest BCUT2D eigenvalue weighted by atomic mass is 10.2. The number of nitrogens with one attached hydrogen (secondary N) is 2. The minimum atomic E-state index is -0.265. The van der Waals surface area contributed by atoms with Gasteiger partial charge in [-0.1, -0.05) is 0 Å². The number of halogens is 1. The van der Waals surface area contributed by atoms with Crippen molar-refractivity contribution in [2.24, 2.45) is 0 Å². The van der Waals surface area contributed by atoms with Gasteiger partial charge in [-0.2, -0.15) is 0 Å². The first-order chi connectivity index (χ1) is 5.36. The molecule has 0 aliphatic carbocycles. The number of hydrogen-bond donors (Lipinski definition) is 2. The van der Waals surface area contributed by atoms with Gasteiger partial charge in [0.2, 0.25) is 6.29 Å². The largest absolute Gasteiger partial charge is 0.351 e. The molecule has 0 fully saturated rings. The van der Waals surface area contributed by atoms with Crippen LogP contribution in [-0.4, -0.2) is 22.3 Å². The van der Waals surface area contributed by atoms with Gasteiger partial charge in [0, 0.05) is 35.5 Å². The maximum atomic E-state index is 10.2. The summed E-state index contributed by atoms with van der Waals surface area (Å²) in [5, 5.41) is 0. The number of aromatic amines is 1. The summed E-state index contributed by atoms with van der Waals surface area (Å²) in [5.41, 5.74) is 0.863. The Morgan fingerprint density at radius 2 is 2.73 bits per heavy atom. The molecule has 1 heterocycles. The summed E-state index contributed by atoms with van der Waals surface area (Å²) in [7, 11) is 0. The highest BCUT2D eigenvalue weighted by molar-refractivity contribution is 14.1. The first kappa shape index (κ1) is 8.66. The molecule has 1 rings (SSSR count). The molecule has 2 N–H and O–H groups in total. The van der Waals surface area contributed by atoms with E-state index in [-0.39, 0.29) is 6.04 Å². The monoisotopic (exact) mass is 264 g/mol. The summed E-state index contributed by atoms with van der Waals surface area (Å²) in [6.07, 6.45) is 5.80. The number of rotatable bonds is 4. The molecule has 1 aromatic rings. The van der Waals surface area contributed by atoms with Crippen LogP contribution in [-0.2, 0) is 11.2 Å². The van der Waals surface area contributed by atoms with Crippen LogP contribution in [0, 0.1) is 0 Å². The normalized spacial score (nSPS) is 12.8. The molecule has 4 nitrogen and oxygen atoms in total. The Hall–Kier alpha value is -0.430. The van der Waals surface area contributed by atoms with Crippen LogP contribution in [0.4, 0.5) is 0 Å². The highest BCUT2D eigenvalue weighted by atomic mass is 127. The lowest BCUT2D eigenvalue weighted by Gasteiger charge is -2.01. The number of aromatic nitrogens is 2. The van der Waals surface area contributed by atoms with Crippen molar-refractivity contribution in [2.45, 2.75) is 12.5 Å². The summed E-state index contributed by atoms with van der Waals surface area (Å²) in [6.45, 7) is 0. The van der Waals surface area contributed by atoms with Crippen LogP contribution in [0.1, 0.15) is 5.69 Å². The molecule has 1 radical (unpaired) electrons. The van der Waals surface area contributed by atoms with Crippen molar-refractivity contribution < 1.29 is 4.79 Å². The highest BCUT2D eigenvalue weighted by Gasteiger charge is 2.07. The number of hydrogen-bond acceptors (Lipinski definition) is 3. The van der Waals surface area contributed by atoms with E-state index in [4.69, 9.17) is 0 Å². The molecule has 0 bridgehead atoms. The Morgan fingerprint density at radius 1 is 1.91 bits per heavy atom. The number of nitrogens with zero attached hydrogens (tertiary/aromatic N) is 1. The van der Waals surface area contributed by atoms with E-state index < -0.39 is 0 Å². The van der Waals surface area contributed by atoms with Crippen LogP contribution in [0.3, 0.4) is 0 Å². The van der Waals surface area contributed by atoms with Crippen molar-refractivity contribution in [1.29, 1.82) is 0 Å². The van der Waals surface area contributed by atoms with Crippen LogP contribution in [0.25, 0.3) is 0 Å². The summed E-state index contributed by atoms with van der Waals surface area (Å²) in [6, 6.07) is -0.265. The summed E-state index contributed by atoms with van der Waals surface area (Å²) >= 11 is 1.92. The summed E-state index contributed by atoms with van der Waals surface area (Å²) in [4.78, 5) is 17.0. The van der Waals surface area contributed by atoms with Gasteiger partial charge in [-0.3, -0.25) is 4.79 Å². The van der Waals surface area contributed by atoms with Gasteiger partial charge in [0.1, 0.15) is 0 Å². The molecule has 0 aliphatic rings. The van der Waals surface area contributed by atoms with Crippen LogP contribution < -0.4 is 3.53 Å². The van der Waals surface area contributed by atoms with E-state index in [9.17, 15) is 4.79 Å². The van der Waals surface area contributed by atoms with E-state index in [0.29, 0.717) is 6.42 Å². The smallest absolute Gasteiger partial charge is 0.218 e. The van der Waals surface area contributed by atoms with E-state index in [1.165, 1.54) is 0 Å². The number of carbonyl (C=O) groups excluding carboxylic acids is 1. The standard InChI is InChI=1S/C6H7IN3O/c7-10-6(3-11)1-5-2-8-4-9-5/h2,4,6,10H,1H2,(H,8,9). The molecule has 0 spiro atoms. The fraction of sp³-hybridized carbons (Fsp3) is 0.333. The lowest BCUT2D eigenvalue weighted by molar-refractivity contribution is 0.537. The van der Waals surface area contributed by atoms with Crippen molar-refractivity contribution in [3.05, 3.63) is 18.2 Å². The van der Waals surface area contributed by atoms with Crippen LogP contribution >= 0.6 is 22.9 Å². The van der Waals surface area contributed by atoms with E-state index in [2.05, 4.69) is 13.5 Å². The predicted molar refractivity (Wildman–Crippen MR) is 48.9 cm³/mol. The van der Waals surface area contributed by atoms with Gasteiger partial charge < -0.3 is 4.98 Å². The fourth-order valence-electron chi connectivity index (χ4n) is 0.714. The molecule has 59 valence electrons. The lowest BCUT2D eigenvalue weighted by Crippen LogP contribution is -2.24. The molecule has 1 aromatic heterocycles. The van der Waals surface area contributed by atoms with Crippen LogP contribution in [0.5, 0.6) is 0 Å². The molecular formula is C6H7IN3O. The molecular weight excluding hydrogens is 257 g/mol. The molecule has 0 aliphatic heterocycles. The van der Waals surface area contributed by atoms with Gasteiger partial charge >= 0.3 is 0 Å². The first-order valence-corrected chi connectivity index (χ1v) is 4.16. The van der Waals surface area contributed by atoms with Crippen molar-refractivity contribution in [1.82, 2.24) is 13.5 Å². The number of H-pyrrole nitrogens is 1. The maximum Gasteiger partial charge on any atom is 0.218 e. The first-order valence-electron chi connectivity index (χ1n) is 3.08. The average Bonchev–Trinajstić information content (AvgIpc) is 2.52. The van der Waals surface area contributed by atoms with Crippen LogP contribution in [0.2, 0.25) is 0 Å². The molecule has 11 heavy (non-hydrogen) atoms. The zero-order chi connectivity index (χ0) is 8.10. The fourth-order valence-corrected chi connectivity index (χ4v) is 1.06. The van der Waals surface area contributed by atoms with Crippen molar-refractivity contribution in [2.75, 3.05) is 0 Å². The average molecular weight is 264 g/mol. The van der Waals surface area contributed by atoms with Gasteiger partial charge in [-0.15, -0.1) is 0 Å². The second-order valence-corrected chi connectivity index (χ2v) is 2.67. The van der Waals surface area contributed by atoms with Crippen molar-refractivity contribution in [3.8, 4) is 0 Å². The minimum absolute atomic E-state index is 0.265. The van der Waals surface area contributed by atoms with Gasteiger partial charge in [-0.25, -0.2) is 8.51 Å². The zero-order valence-electron chi connectivity index (χ0n) is 5.67. The SMILES string of the molecule is O=[C]C(Cc1c[nH]cn1)NI. The molecule has 1 unspecified atom stereocenters. The Balaban J connectivity index is 2.47. The Morgan fingerprint density at radius 3 is 3.18 bits per heavy atom. The van der Waals surface area contributed by atoms with Crippen LogP contribution in [0.15, 0.2) is 12.5 Å². The third-order valence-corrected chi connectivity index (χ3v) is 1.99. The molecule has 1 atom stereocenters. The molecule has 5 heteroatoms. The topological polar surface area (TPSA) is 57.8 Å². The summed E-state index contributed by atoms with van der Waals surface area (Å²) in [5.74, 6) is 0. The quantitative estimate of drug-likeness (QED) is 0.610. The Kier molecular flexibility index (Phi) is 3.50.